The number of hydrogen-bond acceptors (Lipinski definition) is 2. The van der Waals surface area contributed by atoms with Crippen LogP contribution in [0.3, 0.4) is 0 Å². The zero-order valence-electron chi connectivity index (χ0n) is 37.1. The van der Waals surface area contributed by atoms with Crippen molar-refractivity contribution in [3.63, 3.8) is 0 Å². The second kappa shape index (κ2) is 12.9. The molecule has 0 aliphatic carbocycles. The lowest BCUT2D eigenvalue weighted by Crippen LogP contribution is -2.59. The molecular formula is C64H35BN4. The minimum Gasteiger partial charge on any atom is -0.310 e. The van der Waals surface area contributed by atoms with Crippen molar-refractivity contribution < 1.29 is 0 Å². The third-order valence-corrected chi connectivity index (χ3v) is 15.9. The van der Waals surface area contributed by atoms with Crippen LogP contribution in [0.15, 0.2) is 213 Å². The van der Waals surface area contributed by atoms with Crippen molar-refractivity contribution in [2.24, 2.45) is 0 Å². The molecule has 0 fully saturated rings. The molecule has 15 aromatic rings. The van der Waals surface area contributed by atoms with Gasteiger partial charge in [0.2, 0.25) is 0 Å². The Hall–Kier alpha value is -9.06. The van der Waals surface area contributed by atoms with Crippen LogP contribution in [0, 0.1) is 0 Å². The third kappa shape index (κ3) is 4.51. The maximum Gasteiger partial charge on any atom is 0.253 e. The fourth-order valence-electron chi connectivity index (χ4n) is 13.2. The first-order valence-corrected chi connectivity index (χ1v) is 23.9. The van der Waals surface area contributed by atoms with Crippen LogP contribution in [-0.4, -0.2) is 25.8 Å². The van der Waals surface area contributed by atoms with E-state index in [1.807, 2.05) is 24.5 Å². The summed E-state index contributed by atoms with van der Waals surface area (Å²) in [7, 11) is 0. The molecule has 2 aliphatic heterocycles. The molecule has 0 unspecified atom stereocenters. The van der Waals surface area contributed by atoms with Gasteiger partial charge in [0.1, 0.15) is 0 Å². The lowest BCUT2D eigenvalue weighted by molar-refractivity contribution is 1.14. The molecule has 17 rings (SSSR count). The van der Waals surface area contributed by atoms with Crippen LogP contribution in [0.25, 0.3) is 142 Å². The van der Waals surface area contributed by atoms with E-state index in [1.54, 1.807) is 0 Å². The summed E-state index contributed by atoms with van der Waals surface area (Å²) >= 11 is 0. The molecule has 314 valence electrons. The first-order valence-electron chi connectivity index (χ1n) is 23.9. The van der Waals surface area contributed by atoms with Gasteiger partial charge < -0.3 is 9.13 Å². The zero-order valence-corrected chi connectivity index (χ0v) is 37.1. The summed E-state index contributed by atoms with van der Waals surface area (Å²) in [5, 5.41) is 20.4. The molecule has 0 spiro atoms. The van der Waals surface area contributed by atoms with Crippen molar-refractivity contribution in [3.8, 4) is 33.9 Å². The average molecular weight is 871 g/mol. The highest BCUT2D eigenvalue weighted by Gasteiger charge is 2.42. The lowest BCUT2D eigenvalue weighted by Gasteiger charge is -2.35. The number of rotatable bonds is 2. The van der Waals surface area contributed by atoms with Gasteiger partial charge in [0.05, 0.1) is 27.9 Å². The SMILES string of the molecule is c1ccc(-c2ccc3c(c2)c2cc(-c4ccccn4)cc4c2n3-c2cccc3c2B4c2c4c5ccccc5c5ccccc5c4cc4c5cc6c7ccccc7c7ccccc7c6cc5n-3c24)nc1. The Kier molecular flexibility index (Phi) is 6.74. The van der Waals surface area contributed by atoms with Crippen LogP contribution >= 0.6 is 0 Å². The molecule has 0 N–H and O–H groups in total. The smallest absolute Gasteiger partial charge is 0.253 e. The summed E-state index contributed by atoms with van der Waals surface area (Å²) < 4.78 is 5.22. The average Bonchev–Trinajstić information content (AvgIpc) is 3.93. The number of hydrogen-bond donors (Lipinski definition) is 0. The van der Waals surface area contributed by atoms with Gasteiger partial charge in [-0.25, -0.2) is 0 Å². The molecule has 4 aromatic heterocycles. The predicted octanol–water partition coefficient (Wildman–Crippen LogP) is 14.1. The molecule has 0 atom stereocenters. The normalized spacial score (nSPS) is 12.9. The van der Waals surface area contributed by atoms with Crippen molar-refractivity contribution in [2.75, 3.05) is 0 Å². The number of pyridine rings is 2. The number of benzene rings is 11. The Labute approximate surface area is 395 Å². The Morgan fingerprint density at radius 3 is 1.43 bits per heavy atom. The minimum absolute atomic E-state index is 0.0990. The van der Waals surface area contributed by atoms with Crippen molar-refractivity contribution in [1.29, 1.82) is 0 Å². The summed E-state index contributed by atoms with van der Waals surface area (Å²) in [5.74, 6) is 0. The maximum atomic E-state index is 5.01. The summed E-state index contributed by atoms with van der Waals surface area (Å²) in [6.07, 6.45) is 3.80. The van der Waals surface area contributed by atoms with Crippen molar-refractivity contribution in [2.45, 2.75) is 0 Å². The Bertz CT molecular complexity index is 4840. The van der Waals surface area contributed by atoms with Crippen LogP contribution < -0.4 is 16.4 Å². The molecule has 0 radical (unpaired) electrons. The summed E-state index contributed by atoms with van der Waals surface area (Å²) in [5.41, 5.74) is 15.5. The van der Waals surface area contributed by atoms with E-state index in [-0.39, 0.29) is 6.71 Å². The van der Waals surface area contributed by atoms with Crippen molar-refractivity contribution in [3.05, 3.63) is 213 Å². The Morgan fingerprint density at radius 1 is 0.304 bits per heavy atom. The highest BCUT2D eigenvalue weighted by atomic mass is 15.0. The van der Waals surface area contributed by atoms with E-state index in [2.05, 4.69) is 197 Å². The summed E-state index contributed by atoms with van der Waals surface area (Å²) in [6.45, 7) is -0.0990. The number of aromatic nitrogens is 4. The first kappa shape index (κ1) is 36.1. The molecule has 0 bridgehead atoms. The highest BCUT2D eigenvalue weighted by molar-refractivity contribution is 7.02. The van der Waals surface area contributed by atoms with Crippen LogP contribution in [0.5, 0.6) is 0 Å². The molecule has 2 aliphatic rings. The molecule has 69 heavy (non-hydrogen) atoms. The van der Waals surface area contributed by atoms with E-state index < -0.39 is 0 Å². The molecule has 11 aromatic carbocycles. The quantitative estimate of drug-likeness (QED) is 0.128. The molecule has 4 nitrogen and oxygen atoms in total. The Balaban J connectivity index is 1.12. The highest BCUT2D eigenvalue weighted by Crippen LogP contribution is 2.47. The van der Waals surface area contributed by atoms with E-state index in [0.29, 0.717) is 0 Å². The van der Waals surface area contributed by atoms with E-state index in [4.69, 9.17) is 9.97 Å². The van der Waals surface area contributed by atoms with Crippen molar-refractivity contribution >= 4 is 131 Å². The zero-order chi connectivity index (χ0) is 44.6. The van der Waals surface area contributed by atoms with Gasteiger partial charge in [0, 0.05) is 62.0 Å². The fourth-order valence-corrected chi connectivity index (χ4v) is 13.2. The van der Waals surface area contributed by atoms with Gasteiger partial charge >= 0.3 is 0 Å². The van der Waals surface area contributed by atoms with Crippen LogP contribution in [0.4, 0.5) is 0 Å². The fraction of sp³-hybridized carbons (Fsp3) is 0. The maximum absolute atomic E-state index is 5.01. The van der Waals surface area contributed by atoms with Gasteiger partial charge in [-0.1, -0.05) is 127 Å². The molecule has 0 amide bonds. The number of fused-ring (bicyclic) bond motifs is 23. The third-order valence-electron chi connectivity index (χ3n) is 15.9. The van der Waals surface area contributed by atoms with Gasteiger partial charge in [-0.15, -0.1) is 0 Å². The minimum atomic E-state index is -0.0990. The van der Waals surface area contributed by atoms with E-state index in [9.17, 15) is 0 Å². The van der Waals surface area contributed by atoms with Gasteiger partial charge in [-0.05, 0) is 154 Å². The predicted molar refractivity (Wildman–Crippen MR) is 291 cm³/mol. The van der Waals surface area contributed by atoms with E-state index in [0.717, 1.165) is 22.5 Å². The van der Waals surface area contributed by atoms with Crippen LogP contribution in [0.1, 0.15) is 0 Å². The van der Waals surface area contributed by atoms with Crippen LogP contribution in [-0.2, 0) is 0 Å². The largest absolute Gasteiger partial charge is 0.310 e. The van der Waals surface area contributed by atoms with Gasteiger partial charge in [-0.3, -0.25) is 9.97 Å². The topological polar surface area (TPSA) is 35.6 Å². The summed E-state index contributed by atoms with van der Waals surface area (Å²) in [6, 6.07) is 75.0. The summed E-state index contributed by atoms with van der Waals surface area (Å²) in [4.78, 5) is 9.81. The molecule has 6 heterocycles. The second-order valence-corrected chi connectivity index (χ2v) is 19.1. The molecule has 0 saturated heterocycles. The van der Waals surface area contributed by atoms with Crippen LogP contribution in [0.2, 0.25) is 0 Å². The van der Waals surface area contributed by atoms with Crippen molar-refractivity contribution in [1.82, 2.24) is 19.1 Å². The van der Waals surface area contributed by atoms with E-state index in [1.165, 1.54) is 136 Å². The van der Waals surface area contributed by atoms with Gasteiger partial charge in [0.15, 0.2) is 0 Å². The molecule has 5 heteroatoms. The molecular weight excluding hydrogens is 836 g/mol. The van der Waals surface area contributed by atoms with Gasteiger partial charge in [0.25, 0.3) is 6.71 Å². The Morgan fingerprint density at radius 2 is 0.797 bits per heavy atom. The lowest BCUT2D eigenvalue weighted by atomic mass is 9.33. The first-order chi connectivity index (χ1) is 34.3. The van der Waals surface area contributed by atoms with Gasteiger partial charge in [-0.2, -0.15) is 0 Å². The van der Waals surface area contributed by atoms with E-state index >= 15 is 0 Å². The molecule has 0 saturated carbocycles. The number of nitrogens with zero attached hydrogens (tertiary/aromatic N) is 4. The monoisotopic (exact) mass is 870 g/mol. The second-order valence-electron chi connectivity index (χ2n) is 19.1. The standard InChI is InChI=1S/C64H35BN4/c1-4-18-42-38(14-1)39-15-2-5-19-43(39)47-35-59-49(33-46(42)47)52-34-50-44-20-6-3-16-40(44)41-17-7-8-21-45(41)60(50)62-64(52)69(59)58-25-13-24-57-61(58)65(62)53-32-37(55-23-10-12-29-67-55)31-51-48-30-36(54-22-9-11-28-66-54)26-27-56(48)68(57)63(51)53/h1-35H.